The first-order valence-electron chi connectivity index (χ1n) is 8.57. The Morgan fingerprint density at radius 3 is 2.44 bits per heavy atom. The molecule has 25 heavy (non-hydrogen) atoms. The number of likely N-dealkylation sites (N-methyl/N-ethyl adjacent to an activating group) is 1. The molecule has 1 fully saturated rings. The third kappa shape index (κ3) is 4.45. The summed E-state index contributed by atoms with van der Waals surface area (Å²) in [5.74, 6) is -0.498. The maximum atomic E-state index is 13.1. The molecule has 1 aliphatic rings. The second kappa shape index (κ2) is 8.08. The summed E-state index contributed by atoms with van der Waals surface area (Å²) in [7, 11) is 2.14. The highest BCUT2D eigenvalue weighted by atomic mass is 32.1. The summed E-state index contributed by atoms with van der Waals surface area (Å²) >= 11 is 1.72. The van der Waals surface area contributed by atoms with Crippen LogP contribution in [0.15, 0.2) is 41.8 Å². The third-order valence-corrected chi connectivity index (χ3v) is 5.65. The van der Waals surface area contributed by atoms with Crippen LogP contribution in [-0.2, 0) is 0 Å². The Bertz CT molecular complexity index is 681. The van der Waals surface area contributed by atoms with E-state index in [9.17, 15) is 9.18 Å². The molecule has 2 atom stereocenters. The number of amides is 1. The highest BCUT2D eigenvalue weighted by Gasteiger charge is 2.30. The Labute approximate surface area is 152 Å². The maximum Gasteiger partial charge on any atom is 0.251 e. The second-order valence-electron chi connectivity index (χ2n) is 6.57. The maximum absolute atomic E-state index is 13.1. The zero-order valence-electron chi connectivity index (χ0n) is 14.6. The van der Waals surface area contributed by atoms with E-state index in [1.54, 1.807) is 11.3 Å². The zero-order chi connectivity index (χ0) is 17.8. The van der Waals surface area contributed by atoms with Gasteiger partial charge in [0.2, 0.25) is 0 Å². The zero-order valence-corrected chi connectivity index (χ0v) is 15.4. The van der Waals surface area contributed by atoms with Gasteiger partial charge in [0.1, 0.15) is 5.82 Å². The van der Waals surface area contributed by atoms with Crippen LogP contribution in [0, 0.1) is 5.82 Å². The fraction of sp³-hybridized carbons (Fsp3) is 0.421. The second-order valence-corrected chi connectivity index (χ2v) is 7.55. The highest BCUT2D eigenvalue weighted by molar-refractivity contribution is 7.10. The predicted octanol–water partition coefficient (Wildman–Crippen LogP) is 2.99. The molecule has 134 valence electrons. The van der Waals surface area contributed by atoms with E-state index in [-0.39, 0.29) is 23.8 Å². The van der Waals surface area contributed by atoms with Crippen LogP contribution in [0.4, 0.5) is 4.39 Å². The smallest absolute Gasteiger partial charge is 0.251 e. The van der Waals surface area contributed by atoms with Crippen molar-refractivity contribution in [2.45, 2.75) is 19.0 Å². The molecule has 0 spiro atoms. The van der Waals surface area contributed by atoms with E-state index in [0.717, 1.165) is 26.2 Å². The number of nitrogens with zero attached hydrogens (tertiary/aromatic N) is 2. The Morgan fingerprint density at radius 1 is 1.16 bits per heavy atom. The minimum Gasteiger partial charge on any atom is -0.348 e. The highest BCUT2D eigenvalue weighted by Crippen LogP contribution is 2.29. The molecule has 2 heterocycles. The van der Waals surface area contributed by atoms with Gasteiger partial charge in [-0.25, -0.2) is 4.39 Å². The van der Waals surface area contributed by atoms with Gasteiger partial charge in [-0.3, -0.25) is 9.69 Å². The fourth-order valence-corrected chi connectivity index (χ4v) is 4.24. The van der Waals surface area contributed by atoms with Crippen LogP contribution in [0.25, 0.3) is 0 Å². The summed E-state index contributed by atoms with van der Waals surface area (Å²) in [6, 6.07) is 9.97. The number of piperazine rings is 1. The number of nitrogens with one attached hydrogen (secondary N) is 1. The first-order valence-corrected chi connectivity index (χ1v) is 9.45. The van der Waals surface area contributed by atoms with Gasteiger partial charge in [-0.1, -0.05) is 6.07 Å². The lowest BCUT2D eigenvalue weighted by Gasteiger charge is -2.40. The molecule has 1 saturated heterocycles. The van der Waals surface area contributed by atoms with Crippen molar-refractivity contribution in [1.29, 1.82) is 0 Å². The third-order valence-electron chi connectivity index (χ3n) is 4.70. The van der Waals surface area contributed by atoms with Crippen LogP contribution in [-0.4, -0.2) is 55.0 Å². The first-order chi connectivity index (χ1) is 12.0. The molecule has 1 aromatic carbocycles. The van der Waals surface area contributed by atoms with Crippen LogP contribution in [0.3, 0.4) is 0 Å². The Hall–Kier alpha value is -1.76. The lowest BCUT2D eigenvalue weighted by molar-refractivity contribution is 0.0799. The van der Waals surface area contributed by atoms with Gasteiger partial charge >= 0.3 is 0 Å². The number of halogens is 1. The molecule has 1 N–H and O–H groups in total. The molecule has 1 aliphatic heterocycles. The van der Waals surface area contributed by atoms with Crippen molar-refractivity contribution in [1.82, 2.24) is 15.1 Å². The summed E-state index contributed by atoms with van der Waals surface area (Å²) < 4.78 is 13.1. The molecule has 3 rings (SSSR count). The van der Waals surface area contributed by atoms with Gasteiger partial charge in [-0.2, -0.15) is 0 Å². The molecule has 2 aromatic rings. The standard InChI is InChI=1S/C19H24FN3OS/c1-14(21-19(24)15-5-7-16(20)8-6-15)18(17-4-3-13-25-17)23-11-9-22(2)10-12-23/h3-8,13-14,18H,9-12H2,1-2H3,(H,21,24)/t14-,18-/m0/s1. The minimum absolute atomic E-state index is 0.0420. The molecule has 0 radical (unpaired) electrons. The molecule has 1 aromatic heterocycles. The lowest BCUT2D eigenvalue weighted by Crippen LogP contribution is -2.51. The van der Waals surface area contributed by atoms with Gasteiger partial charge in [0, 0.05) is 42.7 Å². The summed E-state index contributed by atoms with van der Waals surface area (Å²) in [4.78, 5) is 18.5. The van der Waals surface area contributed by atoms with Gasteiger partial charge in [0.15, 0.2) is 0 Å². The SMILES string of the molecule is C[C@H](NC(=O)c1ccc(F)cc1)[C@@H](c1cccs1)N1CCN(C)CC1. The largest absolute Gasteiger partial charge is 0.348 e. The van der Waals surface area contributed by atoms with Crippen LogP contribution in [0.1, 0.15) is 28.2 Å². The van der Waals surface area contributed by atoms with Crippen molar-refractivity contribution in [2.75, 3.05) is 33.2 Å². The Balaban J connectivity index is 1.74. The number of thiophene rings is 1. The summed E-state index contributed by atoms with van der Waals surface area (Å²) in [5.41, 5.74) is 0.483. The van der Waals surface area contributed by atoms with Crippen molar-refractivity contribution >= 4 is 17.2 Å². The van der Waals surface area contributed by atoms with E-state index < -0.39 is 0 Å². The van der Waals surface area contributed by atoms with Crippen LogP contribution in [0.2, 0.25) is 0 Å². The predicted molar refractivity (Wildman–Crippen MR) is 99.5 cm³/mol. The van der Waals surface area contributed by atoms with Crippen LogP contribution < -0.4 is 5.32 Å². The van der Waals surface area contributed by atoms with E-state index >= 15 is 0 Å². The van der Waals surface area contributed by atoms with E-state index in [1.807, 2.05) is 6.92 Å². The molecular weight excluding hydrogens is 337 g/mol. The van der Waals surface area contributed by atoms with Crippen molar-refractivity contribution in [3.8, 4) is 0 Å². The average molecular weight is 361 g/mol. The Kier molecular flexibility index (Phi) is 5.83. The number of carbonyl (C=O) groups excluding carboxylic acids is 1. The monoisotopic (exact) mass is 361 g/mol. The molecular formula is C19H24FN3OS. The Morgan fingerprint density at radius 2 is 1.84 bits per heavy atom. The van der Waals surface area contributed by atoms with Crippen LogP contribution >= 0.6 is 11.3 Å². The number of carbonyl (C=O) groups is 1. The average Bonchev–Trinajstić information content (AvgIpc) is 3.11. The van der Waals surface area contributed by atoms with Crippen molar-refractivity contribution in [2.24, 2.45) is 0 Å². The molecule has 6 heteroatoms. The topological polar surface area (TPSA) is 35.6 Å². The summed E-state index contributed by atoms with van der Waals surface area (Å²) in [5, 5.41) is 5.18. The number of rotatable bonds is 5. The quantitative estimate of drug-likeness (QED) is 0.889. The molecule has 0 unspecified atom stereocenters. The summed E-state index contributed by atoms with van der Waals surface area (Å²) in [6.07, 6.45) is 0. The number of hydrogen-bond donors (Lipinski definition) is 1. The van der Waals surface area contributed by atoms with Crippen LogP contribution in [0.5, 0.6) is 0 Å². The van der Waals surface area contributed by atoms with Crippen molar-refractivity contribution < 1.29 is 9.18 Å². The van der Waals surface area contributed by atoms with Crippen molar-refractivity contribution in [3.05, 3.63) is 58.0 Å². The molecule has 0 bridgehead atoms. The number of benzene rings is 1. The normalized spacial score (nSPS) is 18.7. The van der Waals surface area contributed by atoms with E-state index in [1.165, 1.54) is 29.1 Å². The van der Waals surface area contributed by atoms with E-state index in [0.29, 0.717) is 5.56 Å². The minimum atomic E-state index is -0.335. The molecule has 4 nitrogen and oxygen atoms in total. The van der Waals surface area contributed by atoms with Gasteiger partial charge in [-0.15, -0.1) is 11.3 Å². The van der Waals surface area contributed by atoms with Gasteiger partial charge in [-0.05, 0) is 49.7 Å². The number of hydrogen-bond acceptors (Lipinski definition) is 4. The first kappa shape index (κ1) is 18.0. The summed E-state index contributed by atoms with van der Waals surface area (Å²) in [6.45, 7) is 6.07. The molecule has 1 amide bonds. The molecule has 0 aliphatic carbocycles. The fourth-order valence-electron chi connectivity index (χ4n) is 3.27. The van der Waals surface area contributed by atoms with Crippen molar-refractivity contribution in [3.63, 3.8) is 0 Å². The van der Waals surface area contributed by atoms with E-state index in [2.05, 4.69) is 39.7 Å². The lowest BCUT2D eigenvalue weighted by atomic mass is 10.0. The van der Waals surface area contributed by atoms with Gasteiger partial charge in [0.25, 0.3) is 5.91 Å². The van der Waals surface area contributed by atoms with Gasteiger partial charge in [0.05, 0.1) is 6.04 Å². The molecule has 0 saturated carbocycles. The van der Waals surface area contributed by atoms with E-state index in [4.69, 9.17) is 0 Å². The van der Waals surface area contributed by atoms with Gasteiger partial charge < -0.3 is 10.2 Å².